The van der Waals surface area contributed by atoms with Gasteiger partial charge in [0.1, 0.15) is 29.8 Å². The van der Waals surface area contributed by atoms with Crippen molar-refractivity contribution in [2.75, 3.05) is 6.61 Å². The number of rotatable bonds is 6. The number of aromatic nitrogens is 2. The predicted octanol–water partition coefficient (Wildman–Crippen LogP) is 2.87. The molecule has 0 aliphatic heterocycles. The van der Waals surface area contributed by atoms with Gasteiger partial charge in [-0.05, 0) is 32.0 Å². The molecule has 0 amide bonds. The van der Waals surface area contributed by atoms with Gasteiger partial charge in [-0.2, -0.15) is 18.3 Å². The lowest BCUT2D eigenvalue weighted by molar-refractivity contribution is -0.386. The Morgan fingerprint density at radius 2 is 2.08 bits per heavy atom. The van der Waals surface area contributed by atoms with Crippen LogP contribution in [0.5, 0.6) is 5.75 Å². The summed E-state index contributed by atoms with van der Waals surface area (Å²) >= 11 is 0. The number of hydrogen-bond acceptors (Lipinski definition) is 5. The second-order valence-corrected chi connectivity index (χ2v) is 5.45. The van der Waals surface area contributed by atoms with E-state index in [1.165, 1.54) is 30.7 Å². The van der Waals surface area contributed by atoms with Crippen molar-refractivity contribution in [2.45, 2.75) is 32.7 Å². The van der Waals surface area contributed by atoms with Crippen LogP contribution in [0.1, 0.15) is 17.0 Å². The lowest BCUT2D eigenvalue weighted by atomic mass is 10.2. The van der Waals surface area contributed by atoms with E-state index in [1.54, 1.807) is 0 Å². The van der Waals surface area contributed by atoms with Gasteiger partial charge in [0, 0.05) is 0 Å². The van der Waals surface area contributed by atoms with Crippen LogP contribution in [0.3, 0.4) is 0 Å². The third kappa shape index (κ3) is 4.47. The number of aliphatic hydroxyl groups is 1. The minimum Gasteiger partial charge on any atom is -0.491 e. The lowest BCUT2D eigenvalue weighted by Crippen LogP contribution is -2.25. The van der Waals surface area contributed by atoms with E-state index in [4.69, 9.17) is 4.74 Å². The summed E-state index contributed by atoms with van der Waals surface area (Å²) in [5, 5.41) is 24.9. The topological polar surface area (TPSA) is 90.4 Å². The van der Waals surface area contributed by atoms with Crippen LogP contribution in [-0.4, -0.2) is 32.5 Å². The minimum absolute atomic E-state index is 0.0341. The summed E-state index contributed by atoms with van der Waals surface area (Å²) in [6.07, 6.45) is -5.59. The monoisotopic (exact) mass is 359 g/mol. The van der Waals surface area contributed by atoms with E-state index < -0.39 is 22.8 Å². The van der Waals surface area contributed by atoms with E-state index in [9.17, 15) is 28.4 Å². The van der Waals surface area contributed by atoms with Crippen molar-refractivity contribution in [1.82, 2.24) is 9.78 Å². The number of benzene rings is 1. The van der Waals surface area contributed by atoms with Gasteiger partial charge in [0.2, 0.25) is 0 Å². The number of hydrogen-bond donors (Lipinski definition) is 1. The van der Waals surface area contributed by atoms with Crippen LogP contribution in [0, 0.1) is 24.0 Å². The van der Waals surface area contributed by atoms with Gasteiger partial charge >= 0.3 is 11.9 Å². The van der Waals surface area contributed by atoms with Crippen molar-refractivity contribution in [3.63, 3.8) is 0 Å². The fourth-order valence-electron chi connectivity index (χ4n) is 2.34. The van der Waals surface area contributed by atoms with Crippen molar-refractivity contribution in [1.29, 1.82) is 0 Å². The molecule has 0 bridgehead atoms. The predicted molar refractivity (Wildman–Crippen MR) is 81.3 cm³/mol. The van der Waals surface area contributed by atoms with Gasteiger partial charge in [-0.1, -0.05) is 6.07 Å². The van der Waals surface area contributed by atoms with E-state index in [2.05, 4.69) is 5.10 Å². The summed E-state index contributed by atoms with van der Waals surface area (Å²) in [6.45, 7) is 2.61. The number of halogens is 3. The molecule has 0 aliphatic carbocycles. The summed E-state index contributed by atoms with van der Waals surface area (Å²) in [5.41, 5.74) is -0.492. The maximum Gasteiger partial charge on any atom is 0.416 e. The Kier molecular flexibility index (Phi) is 5.31. The molecular formula is C15H16F3N3O4. The first-order chi connectivity index (χ1) is 11.6. The zero-order valence-corrected chi connectivity index (χ0v) is 13.4. The first-order valence-electron chi connectivity index (χ1n) is 7.26. The summed E-state index contributed by atoms with van der Waals surface area (Å²) in [7, 11) is 0. The molecule has 1 atom stereocenters. The van der Waals surface area contributed by atoms with Crippen LogP contribution in [0.4, 0.5) is 18.9 Å². The van der Waals surface area contributed by atoms with Crippen molar-refractivity contribution < 1.29 is 27.9 Å². The molecule has 2 rings (SSSR count). The molecule has 0 unspecified atom stereocenters. The van der Waals surface area contributed by atoms with Gasteiger partial charge in [0.25, 0.3) is 0 Å². The quantitative estimate of drug-likeness (QED) is 0.633. The first-order valence-corrected chi connectivity index (χ1v) is 7.26. The number of nitro groups is 1. The largest absolute Gasteiger partial charge is 0.491 e. The second kappa shape index (κ2) is 7.09. The average Bonchev–Trinajstić information content (AvgIpc) is 2.78. The molecule has 136 valence electrons. The van der Waals surface area contributed by atoms with Crippen molar-refractivity contribution in [3.8, 4) is 5.75 Å². The summed E-state index contributed by atoms with van der Waals surface area (Å²) in [5.74, 6) is -0.0341. The average molecular weight is 359 g/mol. The van der Waals surface area contributed by atoms with Crippen molar-refractivity contribution in [2.24, 2.45) is 0 Å². The maximum atomic E-state index is 12.6. The van der Waals surface area contributed by atoms with Gasteiger partial charge < -0.3 is 9.84 Å². The van der Waals surface area contributed by atoms with E-state index in [-0.39, 0.29) is 36.0 Å². The molecule has 10 heteroatoms. The minimum atomic E-state index is -4.49. The van der Waals surface area contributed by atoms with Crippen LogP contribution in [0.2, 0.25) is 0 Å². The molecule has 0 fully saturated rings. The highest BCUT2D eigenvalue weighted by Crippen LogP contribution is 2.31. The molecule has 1 N–H and O–H groups in total. The van der Waals surface area contributed by atoms with E-state index in [0.717, 1.165) is 12.1 Å². The molecule has 1 aromatic carbocycles. The molecule has 25 heavy (non-hydrogen) atoms. The summed E-state index contributed by atoms with van der Waals surface area (Å²) in [4.78, 5) is 10.4. The third-order valence-corrected chi connectivity index (χ3v) is 3.51. The van der Waals surface area contributed by atoms with Gasteiger partial charge in [0.05, 0.1) is 17.0 Å². The van der Waals surface area contributed by atoms with Crippen LogP contribution < -0.4 is 4.74 Å². The molecule has 0 aliphatic rings. The molecule has 1 aromatic heterocycles. The van der Waals surface area contributed by atoms with Crippen LogP contribution in [-0.2, 0) is 12.7 Å². The third-order valence-electron chi connectivity index (χ3n) is 3.51. The Labute approximate surface area is 140 Å². The lowest BCUT2D eigenvalue weighted by Gasteiger charge is -2.14. The standard InChI is InChI=1S/C15H16F3N3O4/c1-9-14(21(23)24)10(2)20(19-9)7-12(22)8-25-13-5-3-4-11(6-13)15(16,17)18/h3-6,12,22H,7-8H2,1-2H3/t12-/m1/s1. The normalized spacial score (nSPS) is 12.9. The van der Waals surface area contributed by atoms with Gasteiger partial charge in [0.15, 0.2) is 0 Å². The Bertz CT molecular complexity index is 774. The number of nitrogens with zero attached hydrogens (tertiary/aromatic N) is 3. The van der Waals surface area contributed by atoms with E-state index >= 15 is 0 Å². The highest BCUT2D eigenvalue weighted by molar-refractivity contribution is 5.39. The van der Waals surface area contributed by atoms with Crippen molar-refractivity contribution >= 4 is 5.69 Å². The SMILES string of the molecule is Cc1nn(C[C@@H](O)COc2cccc(C(F)(F)F)c2)c(C)c1[N+](=O)[O-]. The Hall–Kier alpha value is -2.62. The van der Waals surface area contributed by atoms with E-state index in [0.29, 0.717) is 0 Å². The zero-order chi connectivity index (χ0) is 18.8. The molecule has 0 radical (unpaired) electrons. The number of aliphatic hydroxyl groups excluding tert-OH is 1. The number of aryl methyl sites for hydroxylation is 1. The fraction of sp³-hybridized carbons (Fsp3) is 0.400. The van der Waals surface area contributed by atoms with Gasteiger partial charge in [-0.15, -0.1) is 0 Å². The Morgan fingerprint density at radius 3 is 2.64 bits per heavy atom. The van der Waals surface area contributed by atoms with Crippen LogP contribution >= 0.6 is 0 Å². The molecular weight excluding hydrogens is 343 g/mol. The van der Waals surface area contributed by atoms with Gasteiger partial charge in [-0.3, -0.25) is 14.8 Å². The zero-order valence-electron chi connectivity index (χ0n) is 13.4. The highest BCUT2D eigenvalue weighted by Gasteiger charge is 2.30. The first kappa shape index (κ1) is 18.7. The van der Waals surface area contributed by atoms with Crippen LogP contribution in [0.15, 0.2) is 24.3 Å². The van der Waals surface area contributed by atoms with Crippen LogP contribution in [0.25, 0.3) is 0 Å². The Morgan fingerprint density at radius 1 is 1.40 bits per heavy atom. The smallest absolute Gasteiger partial charge is 0.416 e. The Balaban J connectivity index is 2.01. The molecule has 0 saturated heterocycles. The number of alkyl halides is 3. The molecule has 7 nitrogen and oxygen atoms in total. The summed E-state index contributed by atoms with van der Waals surface area (Å²) < 4.78 is 44.3. The van der Waals surface area contributed by atoms with E-state index in [1.807, 2.05) is 0 Å². The number of ether oxygens (including phenoxy) is 1. The molecule has 0 saturated carbocycles. The van der Waals surface area contributed by atoms with Gasteiger partial charge in [-0.25, -0.2) is 0 Å². The summed E-state index contributed by atoms with van der Waals surface area (Å²) in [6, 6.07) is 4.30. The maximum absolute atomic E-state index is 12.6. The second-order valence-electron chi connectivity index (χ2n) is 5.45. The molecule has 1 heterocycles. The molecule has 2 aromatic rings. The molecule has 0 spiro atoms. The van der Waals surface area contributed by atoms with Crippen molar-refractivity contribution in [3.05, 3.63) is 51.3 Å². The highest BCUT2D eigenvalue weighted by atomic mass is 19.4. The fourth-order valence-corrected chi connectivity index (χ4v) is 2.34.